The van der Waals surface area contributed by atoms with E-state index in [9.17, 15) is 28.8 Å². The molecule has 2 N–H and O–H groups in total. The Kier molecular flexibility index (Phi) is 29.2. The molecule has 0 aliphatic heterocycles. The van der Waals surface area contributed by atoms with E-state index in [1.807, 2.05) is 32.1 Å². The molecule has 1 unspecified atom stereocenters. The summed E-state index contributed by atoms with van der Waals surface area (Å²) in [7, 11) is 1.00. The first-order chi connectivity index (χ1) is 31.1. The highest BCUT2D eigenvalue weighted by molar-refractivity contribution is 5.96. The molecule has 0 spiro atoms. The average Bonchev–Trinajstić information content (AvgIpc) is 3.31. The minimum absolute atomic E-state index is 0.0411. The number of benzene rings is 2. The van der Waals surface area contributed by atoms with Gasteiger partial charge in [0.25, 0.3) is 5.91 Å². The predicted octanol–water partition coefficient (Wildman–Crippen LogP) is 9.49. The van der Waals surface area contributed by atoms with Crippen molar-refractivity contribution in [3.63, 3.8) is 0 Å². The van der Waals surface area contributed by atoms with Crippen LogP contribution in [0.25, 0.3) is 0 Å². The second-order valence-electron chi connectivity index (χ2n) is 14.0. The zero-order chi connectivity index (χ0) is 47.4. The number of amides is 1. The Hall–Kier alpha value is -6.73. The molecule has 0 aliphatic rings. The van der Waals surface area contributed by atoms with Gasteiger partial charge in [0.1, 0.15) is 23.7 Å². The van der Waals surface area contributed by atoms with Crippen LogP contribution < -0.4 is 14.8 Å². The Morgan fingerprint density at radius 2 is 1.36 bits per heavy atom. The number of ether oxygens (including phenoxy) is 4. The van der Waals surface area contributed by atoms with Crippen molar-refractivity contribution in [1.29, 1.82) is 0 Å². The molecular formula is C51H64N2O11. The van der Waals surface area contributed by atoms with Crippen molar-refractivity contribution in [2.75, 3.05) is 20.3 Å². The summed E-state index contributed by atoms with van der Waals surface area (Å²) in [5.41, 5.74) is -0.981. The summed E-state index contributed by atoms with van der Waals surface area (Å²) in [6, 6.07) is 15.1. The SMILES string of the molecule is CC.CC/C=C\C/C=C\C/C=C\C/C=C/C=C\CCCC(=O)OCC(C)(C)C(OC(=O)c1cccnc1)C(=O)NCCC(=O)Oc1ccccc1C(=O)Oc1ccccc1C=O.CO. The third kappa shape index (κ3) is 22.4. The topological polar surface area (TPSA) is 184 Å². The maximum absolute atomic E-state index is 13.5. The Balaban J connectivity index is 0.00000497. The number of nitrogens with zero attached hydrogens (tertiary/aromatic N) is 1. The van der Waals surface area contributed by atoms with Gasteiger partial charge >= 0.3 is 23.9 Å². The highest BCUT2D eigenvalue weighted by atomic mass is 16.6. The zero-order valence-corrected chi connectivity index (χ0v) is 37.9. The molecule has 0 bridgehead atoms. The number of unbranched alkanes of at least 4 members (excludes halogenated alkanes) is 1. The quantitative estimate of drug-likeness (QED) is 0.0206. The van der Waals surface area contributed by atoms with Crippen molar-refractivity contribution in [2.45, 2.75) is 92.1 Å². The van der Waals surface area contributed by atoms with Crippen LogP contribution in [0.15, 0.2) is 134 Å². The van der Waals surface area contributed by atoms with Crippen molar-refractivity contribution in [2.24, 2.45) is 5.41 Å². The number of hydrogen-bond donors (Lipinski definition) is 2. The number of nitrogens with one attached hydrogen (secondary N) is 1. The van der Waals surface area contributed by atoms with Gasteiger partial charge in [-0.05, 0) is 74.9 Å². The van der Waals surface area contributed by atoms with E-state index in [0.29, 0.717) is 19.1 Å². The van der Waals surface area contributed by atoms with Crippen molar-refractivity contribution in [1.82, 2.24) is 10.3 Å². The van der Waals surface area contributed by atoms with E-state index < -0.39 is 41.3 Å². The highest BCUT2D eigenvalue weighted by Crippen LogP contribution is 2.27. The predicted molar refractivity (Wildman–Crippen MR) is 248 cm³/mol. The van der Waals surface area contributed by atoms with Gasteiger partial charge in [-0.1, -0.05) is 120 Å². The van der Waals surface area contributed by atoms with Gasteiger partial charge in [0.05, 0.1) is 17.5 Å². The molecule has 0 saturated heterocycles. The first-order valence-corrected chi connectivity index (χ1v) is 21.4. The standard InChI is InChI=1S/C48H54N2O10.C2H6.CH4O/c1-4-5-6-7-8-9-10-11-12-13-14-15-16-17-18-19-30-42(52)57-36-48(2,3)44(60-46(55)37-26-24-32-49-34-37)45(54)50-33-31-43(53)58-41-29-23-21-27-39(41)47(56)59-40-28-22-20-25-38(40)35-51;2*1-2/h5-6,8-9,11-12,14-17,20-29,32,34-35,44H,4,7,10,13,18-19,30-31,33,36H2,1-3H3,(H,50,54);1-2H3;2H,1H3/b6-5-,9-8-,12-11-,15-14+,17-16-;;. The molecule has 1 atom stereocenters. The van der Waals surface area contributed by atoms with Crippen LogP contribution in [0.5, 0.6) is 11.5 Å². The third-order valence-corrected chi connectivity index (χ3v) is 8.57. The van der Waals surface area contributed by atoms with Gasteiger partial charge in [0.2, 0.25) is 0 Å². The number of aromatic nitrogens is 1. The average molecular weight is 881 g/mol. The molecular weight excluding hydrogens is 817 g/mol. The van der Waals surface area contributed by atoms with Crippen LogP contribution in [0.4, 0.5) is 0 Å². The lowest BCUT2D eigenvalue weighted by Crippen LogP contribution is -2.49. The van der Waals surface area contributed by atoms with Crippen LogP contribution in [-0.2, 0) is 23.9 Å². The Morgan fingerprint density at radius 1 is 0.734 bits per heavy atom. The van der Waals surface area contributed by atoms with Crippen molar-refractivity contribution < 1.29 is 52.8 Å². The molecule has 1 aromatic heterocycles. The van der Waals surface area contributed by atoms with Crippen LogP contribution >= 0.6 is 0 Å². The maximum atomic E-state index is 13.5. The van der Waals surface area contributed by atoms with Gasteiger partial charge in [-0.25, -0.2) is 9.59 Å². The lowest BCUT2D eigenvalue weighted by molar-refractivity contribution is -0.153. The summed E-state index contributed by atoms with van der Waals surface area (Å²) in [5.74, 6) is -3.70. The smallest absolute Gasteiger partial charge is 0.347 e. The second kappa shape index (κ2) is 33.8. The summed E-state index contributed by atoms with van der Waals surface area (Å²) >= 11 is 0. The second-order valence-corrected chi connectivity index (χ2v) is 14.0. The first-order valence-electron chi connectivity index (χ1n) is 21.4. The fourth-order valence-corrected chi connectivity index (χ4v) is 5.32. The minimum atomic E-state index is -1.44. The van der Waals surface area contributed by atoms with Gasteiger partial charge in [-0.2, -0.15) is 0 Å². The summed E-state index contributed by atoms with van der Waals surface area (Å²) in [5, 5.41) is 9.60. The van der Waals surface area contributed by atoms with Crippen LogP contribution in [-0.4, -0.2) is 72.5 Å². The number of carbonyl (C=O) groups is 6. The Labute approximate surface area is 378 Å². The molecule has 0 fully saturated rings. The van der Waals surface area contributed by atoms with Gasteiger partial charge in [0, 0.05) is 37.9 Å². The fraction of sp³-hybridized carbons (Fsp3) is 0.353. The number of hydrogen-bond acceptors (Lipinski definition) is 12. The van der Waals surface area contributed by atoms with E-state index in [-0.39, 0.29) is 54.2 Å². The van der Waals surface area contributed by atoms with Crippen LogP contribution in [0.3, 0.4) is 0 Å². The van der Waals surface area contributed by atoms with Crippen molar-refractivity contribution in [3.05, 3.63) is 151 Å². The molecule has 2 aromatic carbocycles. The van der Waals surface area contributed by atoms with E-state index >= 15 is 0 Å². The Morgan fingerprint density at radius 3 is 2.02 bits per heavy atom. The molecule has 0 aliphatic carbocycles. The molecule has 64 heavy (non-hydrogen) atoms. The summed E-state index contributed by atoms with van der Waals surface area (Å²) in [4.78, 5) is 80.3. The van der Waals surface area contributed by atoms with E-state index in [2.05, 4.69) is 59.8 Å². The maximum Gasteiger partial charge on any atom is 0.347 e. The van der Waals surface area contributed by atoms with Gasteiger partial charge in [0.15, 0.2) is 12.4 Å². The van der Waals surface area contributed by atoms with E-state index in [1.54, 1.807) is 44.2 Å². The largest absolute Gasteiger partial charge is 0.465 e. The molecule has 344 valence electrons. The molecule has 3 aromatic rings. The number of aliphatic hydroxyl groups is 1. The first kappa shape index (κ1) is 55.3. The number of allylic oxidation sites excluding steroid dienone is 10. The lowest BCUT2D eigenvalue weighted by atomic mass is 9.86. The summed E-state index contributed by atoms with van der Waals surface area (Å²) in [6.07, 6.45) is 27.5. The number of aliphatic hydroxyl groups excluding tert-OH is 1. The monoisotopic (exact) mass is 880 g/mol. The van der Waals surface area contributed by atoms with E-state index in [4.69, 9.17) is 24.1 Å². The third-order valence-electron chi connectivity index (χ3n) is 8.57. The number of aldehydes is 1. The molecule has 13 nitrogen and oxygen atoms in total. The van der Waals surface area contributed by atoms with Crippen LogP contribution in [0.2, 0.25) is 0 Å². The number of para-hydroxylation sites is 2. The normalized spacial score (nSPS) is 11.7. The van der Waals surface area contributed by atoms with Crippen molar-refractivity contribution in [3.8, 4) is 11.5 Å². The van der Waals surface area contributed by atoms with E-state index in [0.717, 1.165) is 32.8 Å². The Bertz CT molecular complexity index is 2020. The van der Waals surface area contributed by atoms with Crippen LogP contribution in [0.1, 0.15) is 117 Å². The molecule has 13 heteroatoms. The van der Waals surface area contributed by atoms with Crippen LogP contribution in [0, 0.1) is 5.41 Å². The zero-order valence-electron chi connectivity index (χ0n) is 37.9. The molecule has 1 heterocycles. The molecule has 0 radical (unpaired) electrons. The summed E-state index contributed by atoms with van der Waals surface area (Å²) < 4.78 is 22.0. The molecule has 0 saturated carbocycles. The number of pyridine rings is 1. The minimum Gasteiger partial charge on any atom is -0.465 e. The number of esters is 4. The van der Waals surface area contributed by atoms with Crippen molar-refractivity contribution >= 4 is 36.1 Å². The molecule has 3 rings (SSSR count). The van der Waals surface area contributed by atoms with Gasteiger partial charge in [-0.3, -0.25) is 24.2 Å². The van der Waals surface area contributed by atoms with Gasteiger partial charge < -0.3 is 29.4 Å². The summed E-state index contributed by atoms with van der Waals surface area (Å²) in [6.45, 7) is 8.89. The fourth-order valence-electron chi connectivity index (χ4n) is 5.32. The highest BCUT2D eigenvalue weighted by Gasteiger charge is 2.40. The number of rotatable bonds is 25. The molecule has 1 amide bonds. The number of carbonyl (C=O) groups excluding carboxylic acids is 6. The van der Waals surface area contributed by atoms with E-state index in [1.165, 1.54) is 42.7 Å². The lowest BCUT2D eigenvalue weighted by Gasteiger charge is -2.32. The van der Waals surface area contributed by atoms with Gasteiger partial charge in [-0.15, -0.1) is 0 Å².